The number of nitrogens with zero attached hydrogens (tertiary/aromatic N) is 1. The fourth-order valence-electron chi connectivity index (χ4n) is 2.15. The van der Waals surface area contributed by atoms with Gasteiger partial charge in [-0.25, -0.2) is 0 Å². The first-order chi connectivity index (χ1) is 10.5. The van der Waals surface area contributed by atoms with E-state index in [2.05, 4.69) is 59.7 Å². The molecule has 0 unspecified atom stereocenters. The van der Waals surface area contributed by atoms with Gasteiger partial charge in [0.1, 0.15) is 0 Å². The van der Waals surface area contributed by atoms with Crippen molar-refractivity contribution in [3.8, 4) is 0 Å². The summed E-state index contributed by atoms with van der Waals surface area (Å²) in [6.45, 7) is 4.91. The van der Waals surface area contributed by atoms with Crippen LogP contribution in [-0.4, -0.2) is 19.2 Å². The molecule has 2 rings (SSSR count). The van der Waals surface area contributed by atoms with Crippen molar-refractivity contribution < 1.29 is 0 Å². The van der Waals surface area contributed by atoms with Gasteiger partial charge in [0.25, 0.3) is 0 Å². The van der Waals surface area contributed by atoms with Crippen LogP contribution in [0.5, 0.6) is 0 Å². The molecule has 0 heterocycles. The zero-order chi connectivity index (χ0) is 16.1. The van der Waals surface area contributed by atoms with Gasteiger partial charge in [0.15, 0.2) is 5.11 Å². The number of hydrogen-bond donors (Lipinski definition) is 2. The summed E-state index contributed by atoms with van der Waals surface area (Å²) in [5.74, 6) is 0. The van der Waals surface area contributed by atoms with Crippen LogP contribution in [0, 0.1) is 13.8 Å². The Hall–Kier alpha value is -2.07. The van der Waals surface area contributed by atoms with Crippen LogP contribution in [-0.2, 0) is 6.54 Å². The highest BCUT2D eigenvalue weighted by molar-refractivity contribution is 7.80. The second-order valence-electron chi connectivity index (χ2n) is 5.62. The fraction of sp³-hybridized carbons (Fsp3) is 0.278. The molecule has 116 valence electrons. The van der Waals surface area contributed by atoms with Crippen LogP contribution in [0.2, 0.25) is 0 Å². The number of hydrogen-bond acceptors (Lipinski definition) is 2. The maximum absolute atomic E-state index is 5.37. The first-order valence-electron chi connectivity index (χ1n) is 7.34. The zero-order valence-electron chi connectivity index (χ0n) is 13.6. The number of benzene rings is 2. The molecule has 0 atom stereocenters. The molecule has 0 spiro atoms. The first kappa shape index (κ1) is 16.3. The summed E-state index contributed by atoms with van der Waals surface area (Å²) in [7, 11) is 4.08. The van der Waals surface area contributed by atoms with Gasteiger partial charge in [0.2, 0.25) is 0 Å². The molecule has 0 fully saturated rings. The molecule has 0 aliphatic carbocycles. The largest absolute Gasteiger partial charge is 0.378 e. The topological polar surface area (TPSA) is 27.3 Å². The Morgan fingerprint density at radius 2 is 1.73 bits per heavy atom. The van der Waals surface area contributed by atoms with E-state index in [9.17, 15) is 0 Å². The third-order valence-electron chi connectivity index (χ3n) is 3.76. The summed E-state index contributed by atoms with van der Waals surface area (Å²) in [6, 6.07) is 14.6. The van der Waals surface area contributed by atoms with Crippen molar-refractivity contribution >= 4 is 28.7 Å². The van der Waals surface area contributed by atoms with Crippen molar-refractivity contribution in [2.75, 3.05) is 24.3 Å². The van der Waals surface area contributed by atoms with Crippen LogP contribution in [0.15, 0.2) is 42.5 Å². The highest BCUT2D eigenvalue weighted by Gasteiger charge is 2.03. The van der Waals surface area contributed by atoms with Gasteiger partial charge in [-0.15, -0.1) is 0 Å². The Labute approximate surface area is 138 Å². The van der Waals surface area contributed by atoms with Gasteiger partial charge in [0, 0.05) is 32.0 Å². The Kier molecular flexibility index (Phi) is 5.39. The van der Waals surface area contributed by atoms with E-state index in [1.165, 1.54) is 22.4 Å². The second-order valence-corrected chi connectivity index (χ2v) is 6.02. The highest BCUT2D eigenvalue weighted by atomic mass is 32.1. The van der Waals surface area contributed by atoms with E-state index in [1.807, 2.05) is 26.2 Å². The molecule has 0 aromatic heterocycles. The predicted molar refractivity (Wildman–Crippen MR) is 99.7 cm³/mol. The second kappa shape index (κ2) is 7.27. The molecule has 3 nitrogen and oxygen atoms in total. The molecule has 0 amide bonds. The van der Waals surface area contributed by atoms with Crippen molar-refractivity contribution in [2.45, 2.75) is 20.4 Å². The van der Waals surface area contributed by atoms with Crippen molar-refractivity contribution in [3.05, 3.63) is 59.2 Å². The zero-order valence-corrected chi connectivity index (χ0v) is 14.4. The van der Waals surface area contributed by atoms with Crippen LogP contribution in [0.25, 0.3) is 0 Å². The van der Waals surface area contributed by atoms with E-state index >= 15 is 0 Å². The van der Waals surface area contributed by atoms with E-state index in [0.717, 1.165) is 5.69 Å². The molecule has 4 heteroatoms. The minimum absolute atomic E-state index is 0.644. The third kappa shape index (κ3) is 4.21. The first-order valence-corrected chi connectivity index (χ1v) is 7.75. The smallest absolute Gasteiger partial charge is 0.171 e. The summed E-state index contributed by atoms with van der Waals surface area (Å²) >= 11 is 5.37. The van der Waals surface area contributed by atoms with Gasteiger partial charge >= 0.3 is 0 Å². The van der Waals surface area contributed by atoms with Crippen molar-refractivity contribution in [3.63, 3.8) is 0 Å². The van der Waals surface area contributed by atoms with Crippen LogP contribution >= 0.6 is 12.2 Å². The summed E-state index contributed by atoms with van der Waals surface area (Å²) < 4.78 is 0. The number of aryl methyl sites for hydroxylation is 1. The minimum Gasteiger partial charge on any atom is -0.378 e. The van der Waals surface area contributed by atoms with Crippen molar-refractivity contribution in [1.29, 1.82) is 0 Å². The highest BCUT2D eigenvalue weighted by Crippen LogP contribution is 2.18. The molecular weight excluding hydrogens is 290 g/mol. The van der Waals surface area contributed by atoms with Gasteiger partial charge in [-0.05, 0) is 61.0 Å². The molecule has 0 aliphatic heterocycles. The van der Waals surface area contributed by atoms with Crippen molar-refractivity contribution in [1.82, 2.24) is 5.32 Å². The minimum atomic E-state index is 0.644. The maximum atomic E-state index is 5.37. The van der Waals surface area contributed by atoms with Crippen molar-refractivity contribution in [2.24, 2.45) is 0 Å². The summed E-state index contributed by atoms with van der Waals surface area (Å²) in [6.07, 6.45) is 0. The Balaban J connectivity index is 1.91. The molecule has 0 saturated heterocycles. The normalized spacial score (nSPS) is 10.2. The lowest BCUT2D eigenvalue weighted by Gasteiger charge is -2.15. The molecular formula is C18H23N3S. The molecule has 0 saturated carbocycles. The molecule has 0 radical (unpaired) electrons. The van der Waals surface area contributed by atoms with E-state index < -0.39 is 0 Å². The van der Waals surface area contributed by atoms with E-state index in [0.29, 0.717) is 11.7 Å². The lowest BCUT2D eigenvalue weighted by Crippen LogP contribution is -2.28. The average Bonchev–Trinajstić information content (AvgIpc) is 2.50. The Bertz CT molecular complexity index is 648. The number of nitrogens with one attached hydrogen (secondary N) is 2. The molecule has 0 bridgehead atoms. The fourth-order valence-corrected chi connectivity index (χ4v) is 2.33. The number of rotatable bonds is 4. The molecule has 2 N–H and O–H groups in total. The van der Waals surface area contributed by atoms with Crippen LogP contribution in [0.1, 0.15) is 16.7 Å². The van der Waals surface area contributed by atoms with E-state index in [1.54, 1.807) is 0 Å². The van der Waals surface area contributed by atoms with Gasteiger partial charge < -0.3 is 15.5 Å². The Morgan fingerprint density at radius 1 is 1.05 bits per heavy atom. The van der Waals surface area contributed by atoms with Crippen LogP contribution < -0.4 is 15.5 Å². The number of anilines is 2. The maximum Gasteiger partial charge on any atom is 0.171 e. The molecule has 2 aromatic carbocycles. The van der Waals surface area contributed by atoms with Gasteiger partial charge in [0.05, 0.1) is 0 Å². The predicted octanol–water partition coefficient (Wildman–Crippen LogP) is 3.86. The summed E-state index contributed by atoms with van der Waals surface area (Å²) in [4.78, 5) is 2.09. The summed E-state index contributed by atoms with van der Waals surface area (Å²) in [5, 5.41) is 7.16. The third-order valence-corrected chi connectivity index (χ3v) is 4.01. The lowest BCUT2D eigenvalue weighted by atomic mass is 10.1. The standard InChI is InChI=1S/C18H23N3S/c1-13-6-5-7-17(14(13)2)20-18(22)19-12-15-8-10-16(11-9-15)21(3)4/h5-11H,12H2,1-4H3,(H2,19,20,22). The molecule has 22 heavy (non-hydrogen) atoms. The Morgan fingerprint density at radius 3 is 2.36 bits per heavy atom. The van der Waals surface area contributed by atoms with Crippen LogP contribution in [0.3, 0.4) is 0 Å². The van der Waals surface area contributed by atoms with E-state index in [4.69, 9.17) is 12.2 Å². The monoisotopic (exact) mass is 313 g/mol. The molecule has 2 aromatic rings. The van der Waals surface area contributed by atoms with Gasteiger partial charge in [-0.2, -0.15) is 0 Å². The quantitative estimate of drug-likeness (QED) is 0.838. The van der Waals surface area contributed by atoms with Gasteiger partial charge in [-0.3, -0.25) is 0 Å². The van der Waals surface area contributed by atoms with Gasteiger partial charge in [-0.1, -0.05) is 24.3 Å². The molecule has 0 aliphatic rings. The number of thiocarbonyl (C=S) groups is 1. The average molecular weight is 313 g/mol. The SMILES string of the molecule is Cc1cccc(NC(=S)NCc2ccc(N(C)C)cc2)c1C. The van der Waals surface area contributed by atoms with Crippen LogP contribution in [0.4, 0.5) is 11.4 Å². The lowest BCUT2D eigenvalue weighted by molar-refractivity contribution is 0.924. The van der Waals surface area contributed by atoms with E-state index in [-0.39, 0.29) is 0 Å². The summed E-state index contributed by atoms with van der Waals surface area (Å²) in [5.41, 5.74) is 5.94.